The molecule has 0 bridgehead atoms. The third-order valence-corrected chi connectivity index (χ3v) is 2.54. The van der Waals surface area contributed by atoms with E-state index in [0.717, 1.165) is 6.42 Å². The molecule has 1 aliphatic carbocycles. The van der Waals surface area contributed by atoms with Crippen molar-refractivity contribution in [3.8, 4) is 0 Å². The van der Waals surface area contributed by atoms with Gasteiger partial charge in [-0.3, -0.25) is 0 Å². The van der Waals surface area contributed by atoms with Gasteiger partial charge in [-0.1, -0.05) is 0 Å². The lowest BCUT2D eigenvalue weighted by Crippen LogP contribution is -2.28. The Balaban J connectivity index is 2.27. The Hall–Kier alpha value is -0.180. The molecule has 3 heteroatoms. The van der Waals surface area contributed by atoms with Gasteiger partial charge in [0, 0.05) is 18.9 Å². The highest BCUT2D eigenvalue weighted by atomic mass is 19.3. The summed E-state index contributed by atoms with van der Waals surface area (Å²) in [5.41, 5.74) is 5.60. The van der Waals surface area contributed by atoms with E-state index in [1.54, 1.807) is 0 Å². The summed E-state index contributed by atoms with van der Waals surface area (Å²) >= 11 is 0. The molecular weight excluding hydrogens is 160 g/mol. The summed E-state index contributed by atoms with van der Waals surface area (Å²) in [6.07, 6.45) is 2.31. The molecule has 72 valence electrons. The first-order valence-corrected chi connectivity index (χ1v) is 4.63. The zero-order chi connectivity index (χ0) is 9.19. The number of alkyl halides is 2. The average molecular weight is 177 g/mol. The Kier molecular flexibility index (Phi) is 3.04. The van der Waals surface area contributed by atoms with Crippen molar-refractivity contribution in [1.82, 2.24) is 0 Å². The molecule has 0 aliphatic heterocycles. The highest BCUT2D eigenvalue weighted by Crippen LogP contribution is 2.37. The molecule has 0 aromatic carbocycles. The van der Waals surface area contributed by atoms with Gasteiger partial charge >= 0.3 is 0 Å². The second-order valence-corrected chi connectivity index (χ2v) is 4.01. The van der Waals surface area contributed by atoms with Crippen LogP contribution in [0.3, 0.4) is 0 Å². The molecule has 0 saturated heterocycles. The van der Waals surface area contributed by atoms with E-state index < -0.39 is 5.92 Å². The third-order valence-electron chi connectivity index (χ3n) is 2.54. The predicted molar refractivity (Wildman–Crippen MR) is 45.2 cm³/mol. The monoisotopic (exact) mass is 177 g/mol. The van der Waals surface area contributed by atoms with E-state index >= 15 is 0 Å². The zero-order valence-corrected chi connectivity index (χ0v) is 7.52. The molecule has 2 N–H and O–H groups in total. The number of hydrogen-bond acceptors (Lipinski definition) is 1. The molecular formula is C9H17F2N. The largest absolute Gasteiger partial charge is 0.328 e. The van der Waals surface area contributed by atoms with Crippen LogP contribution in [0.15, 0.2) is 0 Å². The summed E-state index contributed by atoms with van der Waals surface area (Å²) in [5.74, 6) is -1.96. The quantitative estimate of drug-likeness (QED) is 0.689. The summed E-state index contributed by atoms with van der Waals surface area (Å²) in [7, 11) is 0. The van der Waals surface area contributed by atoms with Gasteiger partial charge in [0.05, 0.1) is 0 Å². The Bertz CT molecular complexity index is 135. The van der Waals surface area contributed by atoms with Crippen molar-refractivity contribution >= 4 is 0 Å². The van der Waals surface area contributed by atoms with Crippen molar-refractivity contribution in [3.05, 3.63) is 0 Å². The molecule has 0 aromatic heterocycles. The standard InChI is InChI=1S/C9H17F2N/c1-7(12)6-8-2-4-9(10,11)5-3-8/h7-8H,2-6,12H2,1H3. The van der Waals surface area contributed by atoms with Crippen molar-refractivity contribution in [2.45, 2.75) is 51.0 Å². The maximum absolute atomic E-state index is 12.7. The van der Waals surface area contributed by atoms with Gasteiger partial charge in [0.1, 0.15) is 0 Å². The maximum atomic E-state index is 12.7. The molecule has 1 unspecified atom stereocenters. The molecule has 1 rings (SSSR count). The fraction of sp³-hybridized carbons (Fsp3) is 1.00. The van der Waals surface area contributed by atoms with Crippen molar-refractivity contribution in [2.75, 3.05) is 0 Å². The van der Waals surface area contributed by atoms with Crippen LogP contribution in [0.25, 0.3) is 0 Å². The van der Waals surface area contributed by atoms with Crippen molar-refractivity contribution in [1.29, 1.82) is 0 Å². The van der Waals surface area contributed by atoms with Crippen LogP contribution in [0.5, 0.6) is 0 Å². The first-order chi connectivity index (χ1) is 5.49. The van der Waals surface area contributed by atoms with E-state index in [2.05, 4.69) is 0 Å². The van der Waals surface area contributed by atoms with E-state index in [9.17, 15) is 8.78 Å². The smallest absolute Gasteiger partial charge is 0.248 e. The SMILES string of the molecule is CC(N)CC1CCC(F)(F)CC1. The first-order valence-electron chi connectivity index (χ1n) is 4.63. The molecule has 1 aliphatic rings. The Morgan fingerprint density at radius 1 is 1.42 bits per heavy atom. The van der Waals surface area contributed by atoms with Gasteiger partial charge in [-0.2, -0.15) is 0 Å². The van der Waals surface area contributed by atoms with E-state index in [1.807, 2.05) is 6.92 Å². The van der Waals surface area contributed by atoms with Crippen LogP contribution in [0.4, 0.5) is 8.78 Å². The summed E-state index contributed by atoms with van der Waals surface area (Å²) in [6, 6.07) is 0.154. The Morgan fingerprint density at radius 3 is 2.33 bits per heavy atom. The van der Waals surface area contributed by atoms with E-state index in [-0.39, 0.29) is 18.9 Å². The molecule has 0 aromatic rings. The molecule has 0 radical (unpaired) electrons. The highest BCUT2D eigenvalue weighted by molar-refractivity contribution is 4.78. The highest BCUT2D eigenvalue weighted by Gasteiger charge is 2.34. The summed E-state index contributed by atoms with van der Waals surface area (Å²) in [6.45, 7) is 1.94. The minimum Gasteiger partial charge on any atom is -0.328 e. The maximum Gasteiger partial charge on any atom is 0.248 e. The van der Waals surface area contributed by atoms with Gasteiger partial charge < -0.3 is 5.73 Å². The average Bonchev–Trinajstić information content (AvgIpc) is 1.93. The van der Waals surface area contributed by atoms with E-state index in [4.69, 9.17) is 5.73 Å². The van der Waals surface area contributed by atoms with Crippen molar-refractivity contribution < 1.29 is 8.78 Å². The fourth-order valence-corrected chi connectivity index (χ4v) is 1.86. The Labute approximate surface area is 72.3 Å². The topological polar surface area (TPSA) is 26.0 Å². The lowest BCUT2D eigenvalue weighted by atomic mass is 9.83. The molecule has 1 atom stereocenters. The lowest BCUT2D eigenvalue weighted by molar-refractivity contribution is -0.0469. The van der Waals surface area contributed by atoms with Gasteiger partial charge in [0.15, 0.2) is 0 Å². The van der Waals surface area contributed by atoms with Gasteiger partial charge in [-0.15, -0.1) is 0 Å². The fourth-order valence-electron chi connectivity index (χ4n) is 1.86. The number of nitrogens with two attached hydrogens (primary N) is 1. The van der Waals surface area contributed by atoms with Gasteiger partial charge in [-0.05, 0) is 32.1 Å². The molecule has 12 heavy (non-hydrogen) atoms. The van der Waals surface area contributed by atoms with Crippen LogP contribution in [0.2, 0.25) is 0 Å². The third kappa shape index (κ3) is 3.05. The normalized spacial score (nSPS) is 27.0. The number of hydrogen-bond donors (Lipinski definition) is 1. The summed E-state index contributed by atoms with van der Waals surface area (Å²) in [4.78, 5) is 0. The molecule has 1 fully saturated rings. The predicted octanol–water partition coefficient (Wildman–Crippen LogP) is 2.55. The minimum atomic E-state index is -2.39. The molecule has 0 amide bonds. The Morgan fingerprint density at radius 2 is 1.92 bits per heavy atom. The summed E-state index contributed by atoms with van der Waals surface area (Å²) < 4.78 is 25.4. The van der Waals surface area contributed by atoms with Crippen LogP contribution in [0.1, 0.15) is 39.0 Å². The van der Waals surface area contributed by atoms with E-state index in [1.165, 1.54) is 0 Å². The second-order valence-electron chi connectivity index (χ2n) is 4.01. The zero-order valence-electron chi connectivity index (χ0n) is 7.52. The van der Waals surface area contributed by atoms with Crippen LogP contribution >= 0.6 is 0 Å². The van der Waals surface area contributed by atoms with Gasteiger partial charge in [0.25, 0.3) is 0 Å². The first kappa shape index (κ1) is 9.90. The molecule has 0 heterocycles. The lowest BCUT2D eigenvalue weighted by Gasteiger charge is -2.28. The second kappa shape index (κ2) is 3.69. The molecule has 0 spiro atoms. The number of halogens is 2. The van der Waals surface area contributed by atoms with Crippen LogP contribution < -0.4 is 5.73 Å². The van der Waals surface area contributed by atoms with Gasteiger partial charge in [0.2, 0.25) is 5.92 Å². The molecule has 1 nitrogen and oxygen atoms in total. The van der Waals surface area contributed by atoms with Crippen molar-refractivity contribution in [2.24, 2.45) is 11.7 Å². The van der Waals surface area contributed by atoms with Crippen molar-refractivity contribution in [3.63, 3.8) is 0 Å². The number of rotatable bonds is 2. The van der Waals surface area contributed by atoms with Crippen LogP contribution in [-0.4, -0.2) is 12.0 Å². The van der Waals surface area contributed by atoms with Crippen LogP contribution in [-0.2, 0) is 0 Å². The minimum absolute atomic E-state index is 0.0599. The molecule has 1 saturated carbocycles. The van der Waals surface area contributed by atoms with Gasteiger partial charge in [-0.25, -0.2) is 8.78 Å². The van der Waals surface area contributed by atoms with E-state index in [0.29, 0.717) is 18.8 Å². The van der Waals surface area contributed by atoms with Crippen LogP contribution in [0, 0.1) is 5.92 Å². The summed E-state index contributed by atoms with van der Waals surface area (Å²) in [5, 5.41) is 0.